The van der Waals surface area contributed by atoms with Gasteiger partial charge >= 0.3 is 0 Å². The molecule has 0 aromatic carbocycles. The van der Waals surface area contributed by atoms with E-state index in [4.69, 9.17) is 0 Å². The first-order valence-corrected chi connectivity index (χ1v) is 7.11. The highest BCUT2D eigenvalue weighted by molar-refractivity contribution is 5.48. The van der Waals surface area contributed by atoms with E-state index in [1.807, 2.05) is 0 Å². The second kappa shape index (κ2) is 15.1. The van der Waals surface area contributed by atoms with Crippen molar-refractivity contribution >= 4 is 6.29 Å². The molecule has 1 nitrogen and oxygen atoms in total. The van der Waals surface area contributed by atoms with Crippen molar-refractivity contribution in [2.75, 3.05) is 0 Å². The Bertz CT molecular complexity index is 204. The van der Waals surface area contributed by atoms with Crippen LogP contribution in [0.4, 0.5) is 0 Å². The Kier molecular flexibility index (Phi) is 14.4. The third-order valence-electron chi connectivity index (χ3n) is 2.85. The van der Waals surface area contributed by atoms with Gasteiger partial charge in [0.15, 0.2) is 0 Å². The Morgan fingerprint density at radius 1 is 0.647 bits per heavy atom. The maximum Gasteiger partial charge on any atom is 0.119 e. The highest BCUT2D eigenvalue weighted by atomic mass is 16.1. The fraction of sp³-hybridized carbons (Fsp3) is 0.688. The predicted octanol–water partition coefficient (Wildman–Crippen LogP) is 5.22. The van der Waals surface area contributed by atoms with Crippen molar-refractivity contribution in [3.05, 3.63) is 24.3 Å². The van der Waals surface area contributed by atoms with Crippen LogP contribution < -0.4 is 0 Å². The summed E-state index contributed by atoms with van der Waals surface area (Å²) in [4.78, 5) is 10.1. The fourth-order valence-corrected chi connectivity index (χ4v) is 1.79. The summed E-state index contributed by atoms with van der Waals surface area (Å²) in [5.41, 5.74) is 0. The van der Waals surface area contributed by atoms with Crippen molar-refractivity contribution < 1.29 is 4.79 Å². The molecular formula is C16H28O. The molecule has 0 saturated carbocycles. The number of hydrogen-bond acceptors (Lipinski definition) is 1. The molecule has 0 rings (SSSR count). The SMILES string of the molecule is CC=CCC/C=C/CCCCCCCCC=O. The van der Waals surface area contributed by atoms with Crippen molar-refractivity contribution in [3.63, 3.8) is 0 Å². The minimum Gasteiger partial charge on any atom is -0.303 e. The van der Waals surface area contributed by atoms with E-state index in [0.29, 0.717) is 0 Å². The van der Waals surface area contributed by atoms with Gasteiger partial charge in [-0.3, -0.25) is 0 Å². The molecule has 0 heterocycles. The van der Waals surface area contributed by atoms with Crippen LogP contribution in [0.2, 0.25) is 0 Å². The van der Waals surface area contributed by atoms with E-state index in [-0.39, 0.29) is 0 Å². The third kappa shape index (κ3) is 15.1. The zero-order valence-electron chi connectivity index (χ0n) is 11.4. The summed E-state index contributed by atoms with van der Waals surface area (Å²) in [7, 11) is 0. The molecule has 0 saturated heterocycles. The van der Waals surface area contributed by atoms with Gasteiger partial charge in [0, 0.05) is 6.42 Å². The molecule has 0 aliphatic carbocycles. The van der Waals surface area contributed by atoms with E-state index in [2.05, 4.69) is 31.2 Å². The fourth-order valence-electron chi connectivity index (χ4n) is 1.79. The Morgan fingerprint density at radius 2 is 1.18 bits per heavy atom. The number of carbonyl (C=O) groups excluding carboxylic acids is 1. The van der Waals surface area contributed by atoms with Gasteiger partial charge in [-0.05, 0) is 39.0 Å². The smallest absolute Gasteiger partial charge is 0.119 e. The quantitative estimate of drug-likeness (QED) is 0.258. The van der Waals surface area contributed by atoms with Crippen molar-refractivity contribution in [1.29, 1.82) is 0 Å². The number of rotatable bonds is 12. The van der Waals surface area contributed by atoms with Gasteiger partial charge in [0.25, 0.3) is 0 Å². The zero-order valence-corrected chi connectivity index (χ0v) is 11.4. The first kappa shape index (κ1) is 16.1. The number of aldehydes is 1. The maximum atomic E-state index is 10.1. The van der Waals surface area contributed by atoms with Gasteiger partial charge in [0.05, 0.1) is 0 Å². The molecule has 0 aliphatic heterocycles. The van der Waals surface area contributed by atoms with Gasteiger partial charge in [-0.25, -0.2) is 0 Å². The summed E-state index contributed by atoms with van der Waals surface area (Å²) in [5, 5.41) is 0. The summed E-state index contributed by atoms with van der Waals surface area (Å²) in [6.07, 6.45) is 21.8. The molecule has 0 bridgehead atoms. The molecule has 98 valence electrons. The predicted molar refractivity (Wildman–Crippen MR) is 76.2 cm³/mol. The molecule has 0 aliphatic rings. The largest absolute Gasteiger partial charge is 0.303 e. The van der Waals surface area contributed by atoms with Crippen molar-refractivity contribution in [2.45, 2.75) is 71.1 Å². The lowest BCUT2D eigenvalue weighted by molar-refractivity contribution is -0.107. The summed E-state index contributed by atoms with van der Waals surface area (Å²) in [6, 6.07) is 0. The molecule has 0 amide bonds. The molecule has 0 atom stereocenters. The maximum absolute atomic E-state index is 10.1. The highest BCUT2D eigenvalue weighted by Crippen LogP contribution is 2.08. The van der Waals surface area contributed by atoms with E-state index >= 15 is 0 Å². The standard InChI is InChI=1S/C16H28O/c1-2-3-4-5-6-7-8-9-10-11-12-13-14-15-16-17/h2-3,6-7,16H,4-5,8-15H2,1H3/b3-2?,7-6+. The molecule has 0 aromatic heterocycles. The van der Waals surface area contributed by atoms with Gasteiger partial charge in [-0.1, -0.05) is 50.0 Å². The van der Waals surface area contributed by atoms with Crippen LogP contribution in [0.15, 0.2) is 24.3 Å². The average molecular weight is 236 g/mol. The Balaban J connectivity index is 3.04. The van der Waals surface area contributed by atoms with Crippen molar-refractivity contribution in [3.8, 4) is 0 Å². The van der Waals surface area contributed by atoms with Crippen LogP contribution in [0.5, 0.6) is 0 Å². The van der Waals surface area contributed by atoms with Gasteiger partial charge in [-0.15, -0.1) is 0 Å². The van der Waals surface area contributed by atoms with Crippen molar-refractivity contribution in [1.82, 2.24) is 0 Å². The van der Waals surface area contributed by atoms with Crippen molar-refractivity contribution in [2.24, 2.45) is 0 Å². The number of carbonyl (C=O) groups is 1. The van der Waals surface area contributed by atoms with E-state index < -0.39 is 0 Å². The Labute approximate surface area is 107 Å². The zero-order chi connectivity index (χ0) is 12.6. The Morgan fingerprint density at radius 3 is 1.82 bits per heavy atom. The Hall–Kier alpha value is -0.850. The first-order valence-electron chi connectivity index (χ1n) is 7.11. The summed E-state index contributed by atoms with van der Waals surface area (Å²) >= 11 is 0. The van der Waals surface area contributed by atoms with Crippen LogP contribution in [0.1, 0.15) is 71.1 Å². The van der Waals surface area contributed by atoms with Gasteiger partial charge in [0.2, 0.25) is 0 Å². The minimum atomic E-state index is 0.745. The molecule has 0 N–H and O–H groups in total. The molecule has 0 radical (unpaired) electrons. The lowest BCUT2D eigenvalue weighted by Crippen LogP contribution is -1.80. The van der Waals surface area contributed by atoms with Crippen LogP contribution in [0, 0.1) is 0 Å². The average Bonchev–Trinajstić information content (AvgIpc) is 2.35. The van der Waals surface area contributed by atoms with E-state index in [1.165, 1.54) is 51.4 Å². The summed E-state index contributed by atoms with van der Waals surface area (Å²) < 4.78 is 0. The molecule has 1 heteroatoms. The topological polar surface area (TPSA) is 17.1 Å². The first-order chi connectivity index (χ1) is 8.41. The van der Waals surface area contributed by atoms with Gasteiger partial charge in [0.1, 0.15) is 6.29 Å². The second-order valence-electron chi connectivity index (χ2n) is 4.48. The minimum absolute atomic E-state index is 0.745. The lowest BCUT2D eigenvalue weighted by Gasteiger charge is -1.98. The normalized spacial score (nSPS) is 11.6. The van der Waals surface area contributed by atoms with Crippen LogP contribution in [-0.4, -0.2) is 6.29 Å². The van der Waals surface area contributed by atoms with Crippen LogP contribution in [0.25, 0.3) is 0 Å². The van der Waals surface area contributed by atoms with Crippen LogP contribution in [-0.2, 0) is 4.79 Å². The summed E-state index contributed by atoms with van der Waals surface area (Å²) in [5.74, 6) is 0. The monoisotopic (exact) mass is 236 g/mol. The molecule has 0 fully saturated rings. The van der Waals surface area contributed by atoms with Crippen LogP contribution in [0.3, 0.4) is 0 Å². The second-order valence-corrected chi connectivity index (χ2v) is 4.48. The van der Waals surface area contributed by atoms with Gasteiger partial charge in [-0.2, -0.15) is 0 Å². The number of hydrogen-bond donors (Lipinski definition) is 0. The van der Waals surface area contributed by atoms with E-state index in [9.17, 15) is 4.79 Å². The number of allylic oxidation sites excluding steroid dienone is 4. The summed E-state index contributed by atoms with van der Waals surface area (Å²) in [6.45, 7) is 2.07. The van der Waals surface area contributed by atoms with Gasteiger partial charge < -0.3 is 4.79 Å². The number of unbranched alkanes of at least 4 members (excludes halogenated alkanes) is 8. The highest BCUT2D eigenvalue weighted by Gasteiger charge is 1.90. The molecule has 17 heavy (non-hydrogen) atoms. The third-order valence-corrected chi connectivity index (χ3v) is 2.85. The lowest BCUT2D eigenvalue weighted by atomic mass is 10.1. The van der Waals surface area contributed by atoms with Crippen LogP contribution >= 0.6 is 0 Å². The molecule has 0 aromatic rings. The molecular weight excluding hydrogens is 208 g/mol. The molecule has 0 unspecified atom stereocenters. The molecule has 0 spiro atoms. The van der Waals surface area contributed by atoms with E-state index in [0.717, 1.165) is 19.1 Å². The van der Waals surface area contributed by atoms with E-state index in [1.54, 1.807) is 0 Å².